The monoisotopic (exact) mass is 455 g/mol. The van der Waals surface area contributed by atoms with Crippen molar-refractivity contribution >= 4 is 29.7 Å². The highest BCUT2D eigenvalue weighted by molar-refractivity contribution is 7.98. The Balaban J connectivity index is 1.57. The number of methoxy groups -OCH3 is 1. The molecule has 0 spiro atoms. The normalized spacial score (nSPS) is 11.2. The molecule has 3 aromatic heterocycles. The van der Waals surface area contributed by atoms with E-state index in [0.29, 0.717) is 16.6 Å². The molecule has 1 aromatic carbocycles. The minimum Gasteiger partial charge on any atom is -0.497 e. The maximum atomic E-state index is 12.8. The van der Waals surface area contributed by atoms with Gasteiger partial charge in [-0.15, -0.1) is 15.3 Å². The summed E-state index contributed by atoms with van der Waals surface area (Å²) in [4.78, 5) is 12.8. The van der Waals surface area contributed by atoms with E-state index in [0.717, 1.165) is 5.56 Å². The van der Waals surface area contributed by atoms with Gasteiger partial charge in [-0.05, 0) is 28.0 Å². The predicted octanol–water partition coefficient (Wildman–Crippen LogP) is 0.426. The highest BCUT2D eigenvalue weighted by Crippen LogP contribution is 2.24. The van der Waals surface area contributed by atoms with Crippen LogP contribution < -0.4 is 15.9 Å². The maximum Gasteiger partial charge on any atom is 0.293 e. The van der Waals surface area contributed by atoms with Gasteiger partial charge in [0.15, 0.2) is 10.9 Å². The van der Waals surface area contributed by atoms with E-state index in [9.17, 15) is 4.79 Å². The van der Waals surface area contributed by atoms with Gasteiger partial charge in [0.05, 0.1) is 19.0 Å². The van der Waals surface area contributed by atoms with E-state index in [1.165, 1.54) is 22.7 Å². The number of hydrogen-bond donors (Lipinski definition) is 2. The number of nitrogen functional groups attached to an aromatic ring is 1. The van der Waals surface area contributed by atoms with E-state index in [4.69, 9.17) is 10.5 Å². The smallest absolute Gasteiger partial charge is 0.293 e. The summed E-state index contributed by atoms with van der Waals surface area (Å²) in [7, 11) is 3.37. The molecule has 4 rings (SSSR count). The standard InChI is InChI=1S/C17H17N11O3S/c1-27-9-20-23-17(27)32-8-12-13(21-26-28(12)15-14(18)24-31-25-15)16(29)22-19-7-10-4-3-5-11(6-10)30-2/h3-7,9H,8H2,1-2H3,(H2,18,24)(H,22,29). The molecular formula is C17H17N11O3S. The minimum atomic E-state index is -0.570. The number of nitrogens with one attached hydrogen (secondary N) is 1. The molecule has 0 radical (unpaired) electrons. The Morgan fingerprint density at radius 2 is 2.25 bits per heavy atom. The van der Waals surface area contributed by atoms with Gasteiger partial charge in [0.25, 0.3) is 5.91 Å². The van der Waals surface area contributed by atoms with Gasteiger partial charge in [0, 0.05) is 12.8 Å². The van der Waals surface area contributed by atoms with Crippen LogP contribution in [0.1, 0.15) is 21.7 Å². The van der Waals surface area contributed by atoms with Crippen LogP contribution in [0.15, 0.2) is 45.5 Å². The first-order valence-electron chi connectivity index (χ1n) is 9.04. The largest absolute Gasteiger partial charge is 0.497 e. The molecule has 0 bridgehead atoms. The maximum absolute atomic E-state index is 12.8. The molecule has 32 heavy (non-hydrogen) atoms. The van der Waals surface area contributed by atoms with E-state index < -0.39 is 5.91 Å². The fraction of sp³-hybridized carbons (Fsp3) is 0.176. The number of benzene rings is 1. The van der Waals surface area contributed by atoms with Gasteiger partial charge in [-0.2, -0.15) is 9.78 Å². The molecule has 0 saturated heterocycles. The second-order valence-corrected chi connectivity index (χ2v) is 7.20. The summed E-state index contributed by atoms with van der Waals surface area (Å²) in [5, 5.41) is 27.7. The average Bonchev–Trinajstić information content (AvgIpc) is 3.52. The van der Waals surface area contributed by atoms with Gasteiger partial charge < -0.3 is 15.0 Å². The number of aromatic nitrogens is 8. The van der Waals surface area contributed by atoms with Crippen molar-refractivity contribution < 1.29 is 14.2 Å². The van der Waals surface area contributed by atoms with Crippen LogP contribution >= 0.6 is 11.8 Å². The van der Waals surface area contributed by atoms with Crippen molar-refractivity contribution in [3.63, 3.8) is 0 Å². The zero-order chi connectivity index (χ0) is 22.5. The number of carbonyl (C=O) groups is 1. The molecule has 0 aliphatic heterocycles. The first-order valence-corrected chi connectivity index (χ1v) is 10.0. The average molecular weight is 455 g/mol. The molecule has 14 nitrogen and oxygen atoms in total. The SMILES string of the molecule is COc1cccc(C=NNC(=O)c2nnn(-c3nonc3N)c2CSc2nncn2C)c1. The lowest BCUT2D eigenvalue weighted by Crippen LogP contribution is -2.20. The van der Waals surface area contributed by atoms with Crippen LogP contribution in [-0.2, 0) is 12.8 Å². The van der Waals surface area contributed by atoms with E-state index >= 15 is 0 Å². The number of nitrogens with two attached hydrogens (primary N) is 1. The van der Waals surface area contributed by atoms with Crippen LogP contribution in [0.4, 0.5) is 5.82 Å². The van der Waals surface area contributed by atoms with Crippen molar-refractivity contribution in [2.75, 3.05) is 12.8 Å². The van der Waals surface area contributed by atoms with Crippen LogP contribution in [0.2, 0.25) is 0 Å². The van der Waals surface area contributed by atoms with Crippen LogP contribution in [-0.4, -0.2) is 59.3 Å². The highest BCUT2D eigenvalue weighted by Gasteiger charge is 2.24. The first kappa shape index (κ1) is 21.0. The summed E-state index contributed by atoms with van der Waals surface area (Å²) in [5.41, 5.74) is 9.40. The van der Waals surface area contributed by atoms with Crippen LogP contribution in [0.3, 0.4) is 0 Å². The van der Waals surface area contributed by atoms with Crippen molar-refractivity contribution in [3.8, 4) is 11.6 Å². The second-order valence-electron chi connectivity index (χ2n) is 6.26. The van der Waals surface area contributed by atoms with Crippen molar-refractivity contribution in [2.24, 2.45) is 12.1 Å². The molecule has 3 heterocycles. The van der Waals surface area contributed by atoms with Gasteiger partial charge in [0.2, 0.25) is 11.6 Å². The fourth-order valence-electron chi connectivity index (χ4n) is 2.59. The topological polar surface area (TPSA) is 177 Å². The van der Waals surface area contributed by atoms with E-state index in [-0.39, 0.29) is 23.1 Å². The summed E-state index contributed by atoms with van der Waals surface area (Å²) in [5.74, 6) is 0.477. The highest BCUT2D eigenvalue weighted by atomic mass is 32.2. The molecule has 1 amide bonds. The Hall–Kier alpha value is -4.27. The number of aryl methyl sites for hydroxylation is 1. The Morgan fingerprint density at radius 1 is 1.38 bits per heavy atom. The summed E-state index contributed by atoms with van der Waals surface area (Å²) in [6, 6.07) is 7.21. The van der Waals surface area contributed by atoms with E-state index in [2.05, 4.69) is 46.0 Å². The number of hydrazone groups is 1. The number of thioether (sulfide) groups is 1. The van der Waals surface area contributed by atoms with Crippen molar-refractivity contribution in [3.05, 3.63) is 47.5 Å². The lowest BCUT2D eigenvalue weighted by molar-refractivity contribution is 0.0949. The number of carbonyl (C=O) groups excluding carboxylic acids is 1. The van der Waals surface area contributed by atoms with Crippen molar-refractivity contribution in [1.82, 2.24) is 45.5 Å². The zero-order valence-electron chi connectivity index (χ0n) is 16.9. The summed E-state index contributed by atoms with van der Waals surface area (Å²) < 4.78 is 12.8. The Bertz CT molecular complexity index is 1260. The molecule has 15 heteroatoms. The molecule has 0 unspecified atom stereocenters. The van der Waals surface area contributed by atoms with Gasteiger partial charge >= 0.3 is 0 Å². The fourth-order valence-corrected chi connectivity index (χ4v) is 3.47. The second kappa shape index (κ2) is 9.25. The Labute approximate surface area is 184 Å². The minimum absolute atomic E-state index is 0.00260. The third kappa shape index (κ3) is 4.41. The van der Waals surface area contributed by atoms with Crippen molar-refractivity contribution in [2.45, 2.75) is 10.9 Å². The zero-order valence-corrected chi connectivity index (χ0v) is 17.7. The molecule has 0 atom stereocenters. The quantitative estimate of drug-likeness (QED) is 0.214. The van der Waals surface area contributed by atoms with Crippen LogP contribution in [0.25, 0.3) is 5.82 Å². The van der Waals surface area contributed by atoms with Gasteiger partial charge in [-0.1, -0.05) is 29.1 Å². The third-order valence-corrected chi connectivity index (χ3v) is 5.20. The molecule has 3 N–H and O–H groups in total. The molecule has 0 aliphatic carbocycles. The van der Waals surface area contributed by atoms with Crippen molar-refractivity contribution in [1.29, 1.82) is 0 Å². The Morgan fingerprint density at radius 3 is 2.97 bits per heavy atom. The molecule has 0 saturated carbocycles. The summed E-state index contributed by atoms with van der Waals surface area (Å²) in [6.45, 7) is 0. The number of hydrogen-bond acceptors (Lipinski definition) is 12. The van der Waals surface area contributed by atoms with Gasteiger partial charge in [0.1, 0.15) is 12.1 Å². The molecule has 0 aliphatic rings. The summed E-state index contributed by atoms with van der Waals surface area (Å²) in [6.07, 6.45) is 3.05. The molecule has 0 fully saturated rings. The van der Waals surface area contributed by atoms with Gasteiger partial charge in [-0.25, -0.2) is 10.1 Å². The number of rotatable bonds is 8. The predicted molar refractivity (Wildman–Crippen MR) is 112 cm³/mol. The van der Waals surface area contributed by atoms with Gasteiger partial charge in [-0.3, -0.25) is 4.79 Å². The number of anilines is 1. The lowest BCUT2D eigenvalue weighted by atomic mass is 10.2. The number of ether oxygens (including phenoxy) is 1. The molecule has 4 aromatic rings. The van der Waals surface area contributed by atoms with Crippen LogP contribution in [0.5, 0.6) is 5.75 Å². The molecular weight excluding hydrogens is 438 g/mol. The first-order chi connectivity index (χ1) is 15.6. The number of nitrogens with zero attached hydrogens (tertiary/aromatic N) is 9. The Kier molecular flexibility index (Phi) is 6.07. The number of amides is 1. The summed E-state index contributed by atoms with van der Waals surface area (Å²) >= 11 is 1.32. The van der Waals surface area contributed by atoms with E-state index in [1.54, 1.807) is 37.2 Å². The van der Waals surface area contributed by atoms with E-state index in [1.807, 2.05) is 12.1 Å². The lowest BCUT2D eigenvalue weighted by Gasteiger charge is -2.05. The third-order valence-electron chi connectivity index (χ3n) is 4.16. The molecule has 164 valence electrons. The van der Waals surface area contributed by atoms with Crippen LogP contribution in [0, 0.1) is 0 Å².